The molecule has 2 N–H and O–H groups in total. The number of sulfonamides is 1. The van der Waals surface area contributed by atoms with Crippen molar-refractivity contribution in [3.8, 4) is 5.75 Å². The van der Waals surface area contributed by atoms with E-state index in [1.165, 1.54) is 26.2 Å². The lowest BCUT2D eigenvalue weighted by atomic mass is 10.3. The molecule has 0 aromatic heterocycles. The summed E-state index contributed by atoms with van der Waals surface area (Å²) in [4.78, 5) is 9.80. The molecule has 0 aliphatic rings. The Hall–Kier alpha value is -1.71. The van der Waals surface area contributed by atoms with Crippen LogP contribution in [-0.2, 0) is 10.0 Å². The first kappa shape index (κ1) is 15.3. The quantitative estimate of drug-likeness (QED) is 0.573. The summed E-state index contributed by atoms with van der Waals surface area (Å²) in [6, 6.07) is 3.30. The second-order valence-corrected chi connectivity index (χ2v) is 5.56. The van der Waals surface area contributed by atoms with Gasteiger partial charge in [-0.3, -0.25) is 10.1 Å². The van der Waals surface area contributed by atoms with E-state index in [2.05, 4.69) is 4.72 Å². The van der Waals surface area contributed by atoms with Crippen LogP contribution in [0.5, 0.6) is 5.75 Å². The molecule has 8 nitrogen and oxygen atoms in total. The van der Waals surface area contributed by atoms with Gasteiger partial charge in [-0.1, -0.05) is 0 Å². The van der Waals surface area contributed by atoms with Gasteiger partial charge in [0.2, 0.25) is 10.0 Å². The van der Waals surface area contributed by atoms with Gasteiger partial charge in [0.05, 0.1) is 23.0 Å². The van der Waals surface area contributed by atoms with E-state index in [9.17, 15) is 18.5 Å². The highest BCUT2D eigenvalue weighted by Crippen LogP contribution is 2.29. The molecule has 106 valence electrons. The molecular weight excluding hydrogens is 276 g/mol. The fourth-order valence-electron chi connectivity index (χ4n) is 1.29. The van der Waals surface area contributed by atoms with Crippen molar-refractivity contribution >= 4 is 15.7 Å². The van der Waals surface area contributed by atoms with Gasteiger partial charge in [-0.15, -0.1) is 0 Å². The lowest BCUT2D eigenvalue weighted by molar-refractivity contribution is -0.386. The molecule has 9 heteroatoms. The van der Waals surface area contributed by atoms with E-state index in [-0.39, 0.29) is 17.2 Å². The first-order valence-electron chi connectivity index (χ1n) is 5.28. The highest BCUT2D eigenvalue weighted by Gasteiger charge is 2.21. The largest absolute Gasteiger partial charge is 0.490 e. The molecule has 19 heavy (non-hydrogen) atoms. The predicted molar refractivity (Wildman–Crippen MR) is 66.5 cm³/mol. The Kier molecular flexibility index (Phi) is 4.81. The molecular formula is C10H14N2O6S. The number of ether oxygens (including phenoxy) is 1. The fraction of sp³-hybridized carbons (Fsp3) is 0.400. The van der Waals surface area contributed by atoms with Crippen LogP contribution in [0.2, 0.25) is 0 Å². The van der Waals surface area contributed by atoms with Gasteiger partial charge >= 0.3 is 5.69 Å². The standard InChI is InChI=1S/C10H14N2O6S/c1-7(13)6-11-19(16,17)8-3-4-10(18-2)9(5-8)12(14)15/h3-5,7,11,13H,6H2,1-2H3/t7-/m0/s1. The van der Waals surface area contributed by atoms with E-state index in [1.54, 1.807) is 0 Å². The molecule has 1 aromatic rings. The Bertz CT molecular complexity index is 569. The van der Waals surface area contributed by atoms with E-state index >= 15 is 0 Å². The number of aliphatic hydroxyl groups is 1. The molecule has 0 amide bonds. The lowest BCUT2D eigenvalue weighted by Gasteiger charge is -2.09. The fourth-order valence-corrected chi connectivity index (χ4v) is 2.43. The number of methoxy groups -OCH3 is 1. The van der Waals surface area contributed by atoms with E-state index < -0.39 is 26.7 Å². The Morgan fingerprint density at radius 3 is 2.63 bits per heavy atom. The van der Waals surface area contributed by atoms with Crippen LogP contribution in [0.25, 0.3) is 0 Å². The Balaban J connectivity index is 3.14. The number of hydrogen-bond acceptors (Lipinski definition) is 6. The second-order valence-electron chi connectivity index (χ2n) is 3.79. The highest BCUT2D eigenvalue weighted by atomic mass is 32.2. The minimum absolute atomic E-state index is 0.0283. The van der Waals surface area contributed by atoms with E-state index in [1.807, 2.05) is 0 Å². The molecule has 1 atom stereocenters. The number of rotatable bonds is 6. The van der Waals surface area contributed by atoms with Gasteiger partial charge in [0.1, 0.15) is 0 Å². The van der Waals surface area contributed by atoms with Crippen molar-refractivity contribution in [3.05, 3.63) is 28.3 Å². The third-order valence-electron chi connectivity index (χ3n) is 2.23. The maximum absolute atomic E-state index is 11.8. The van der Waals surface area contributed by atoms with Crippen LogP contribution in [0.4, 0.5) is 5.69 Å². The summed E-state index contributed by atoms with van der Waals surface area (Å²) in [5, 5.41) is 19.8. The van der Waals surface area contributed by atoms with Crippen LogP contribution in [0, 0.1) is 10.1 Å². The first-order chi connectivity index (χ1) is 8.77. The van der Waals surface area contributed by atoms with Crippen molar-refractivity contribution in [2.75, 3.05) is 13.7 Å². The van der Waals surface area contributed by atoms with Crippen molar-refractivity contribution in [1.82, 2.24) is 4.72 Å². The van der Waals surface area contributed by atoms with Crippen molar-refractivity contribution in [3.63, 3.8) is 0 Å². The van der Waals surface area contributed by atoms with E-state index in [4.69, 9.17) is 9.84 Å². The molecule has 0 spiro atoms. The first-order valence-corrected chi connectivity index (χ1v) is 6.76. The Labute approximate surface area is 110 Å². The van der Waals surface area contributed by atoms with Crippen LogP contribution in [0.3, 0.4) is 0 Å². The maximum atomic E-state index is 11.8. The number of nitro benzene ring substituents is 1. The van der Waals surface area contributed by atoms with Crippen LogP contribution in [0.1, 0.15) is 6.92 Å². The number of benzene rings is 1. The molecule has 0 aliphatic heterocycles. The SMILES string of the molecule is COc1ccc(S(=O)(=O)NC[C@H](C)O)cc1[N+](=O)[O-]. The average Bonchev–Trinajstić information content (AvgIpc) is 2.35. The van der Waals surface area contributed by atoms with Crippen LogP contribution in [0.15, 0.2) is 23.1 Å². The molecule has 0 bridgehead atoms. The summed E-state index contributed by atoms with van der Waals surface area (Å²) in [6.45, 7) is 1.24. The third kappa shape index (κ3) is 3.88. The highest BCUT2D eigenvalue weighted by molar-refractivity contribution is 7.89. The minimum Gasteiger partial charge on any atom is -0.490 e. The van der Waals surface area contributed by atoms with Crippen LogP contribution >= 0.6 is 0 Å². The molecule has 0 unspecified atom stereocenters. The normalized spacial score (nSPS) is 13.0. The average molecular weight is 290 g/mol. The van der Waals surface area contributed by atoms with Crippen molar-refractivity contribution in [1.29, 1.82) is 0 Å². The van der Waals surface area contributed by atoms with Gasteiger partial charge in [-0.25, -0.2) is 13.1 Å². The van der Waals surface area contributed by atoms with Gasteiger partial charge in [0, 0.05) is 12.6 Å². The van der Waals surface area contributed by atoms with E-state index in [0.29, 0.717) is 0 Å². The summed E-state index contributed by atoms with van der Waals surface area (Å²) in [5.41, 5.74) is -0.442. The van der Waals surface area contributed by atoms with Gasteiger partial charge in [-0.05, 0) is 19.1 Å². The molecule has 0 saturated carbocycles. The molecule has 0 fully saturated rings. The van der Waals surface area contributed by atoms with Gasteiger partial charge in [0.25, 0.3) is 0 Å². The van der Waals surface area contributed by atoms with Crippen molar-refractivity contribution in [2.45, 2.75) is 17.9 Å². The molecule has 0 saturated heterocycles. The van der Waals surface area contributed by atoms with Gasteiger partial charge in [-0.2, -0.15) is 0 Å². The number of nitrogens with one attached hydrogen (secondary N) is 1. The van der Waals surface area contributed by atoms with Crippen LogP contribution < -0.4 is 9.46 Å². The molecule has 1 aromatic carbocycles. The number of nitrogens with zero attached hydrogens (tertiary/aromatic N) is 1. The molecule has 0 aliphatic carbocycles. The Morgan fingerprint density at radius 1 is 1.53 bits per heavy atom. The van der Waals surface area contributed by atoms with Crippen molar-refractivity contribution < 1.29 is 23.2 Å². The molecule has 0 heterocycles. The summed E-state index contributed by atoms with van der Waals surface area (Å²) in [5.74, 6) is -0.0283. The number of aliphatic hydroxyl groups excluding tert-OH is 1. The zero-order valence-corrected chi connectivity index (χ0v) is 11.2. The number of nitro groups is 1. The second kappa shape index (κ2) is 5.95. The van der Waals surface area contributed by atoms with Gasteiger partial charge < -0.3 is 9.84 Å². The monoisotopic (exact) mass is 290 g/mol. The molecule has 0 radical (unpaired) electrons. The lowest BCUT2D eigenvalue weighted by Crippen LogP contribution is -2.30. The third-order valence-corrected chi connectivity index (χ3v) is 3.65. The van der Waals surface area contributed by atoms with E-state index in [0.717, 1.165) is 6.07 Å². The minimum atomic E-state index is -3.91. The maximum Gasteiger partial charge on any atom is 0.312 e. The molecule has 1 rings (SSSR count). The predicted octanol–water partition coefficient (Wildman–Crippen LogP) is 0.262. The number of hydrogen-bond donors (Lipinski definition) is 2. The summed E-state index contributed by atoms with van der Waals surface area (Å²) in [7, 11) is -2.65. The zero-order valence-electron chi connectivity index (χ0n) is 10.4. The zero-order chi connectivity index (χ0) is 14.6. The smallest absolute Gasteiger partial charge is 0.312 e. The van der Waals surface area contributed by atoms with Crippen molar-refractivity contribution in [2.24, 2.45) is 0 Å². The summed E-state index contributed by atoms with van der Waals surface area (Å²) >= 11 is 0. The van der Waals surface area contributed by atoms with Gasteiger partial charge in [0.15, 0.2) is 5.75 Å². The Morgan fingerprint density at radius 2 is 2.16 bits per heavy atom. The van der Waals surface area contributed by atoms with Crippen LogP contribution in [-0.4, -0.2) is 38.2 Å². The topological polar surface area (TPSA) is 119 Å². The summed E-state index contributed by atoms with van der Waals surface area (Å²) < 4.78 is 30.6. The summed E-state index contributed by atoms with van der Waals surface area (Å²) in [6.07, 6.45) is -0.858.